The molecule has 0 radical (unpaired) electrons. The van der Waals surface area contributed by atoms with Crippen LogP contribution in [0, 0.1) is 5.41 Å². The van der Waals surface area contributed by atoms with Crippen LogP contribution in [0.4, 0.5) is 0 Å². The highest BCUT2D eigenvalue weighted by Crippen LogP contribution is 2.55. The van der Waals surface area contributed by atoms with Gasteiger partial charge in [0.1, 0.15) is 0 Å². The molecule has 1 aliphatic carbocycles. The predicted molar refractivity (Wildman–Crippen MR) is 114 cm³/mol. The Morgan fingerprint density at radius 2 is 1.66 bits per heavy atom. The molecule has 4 heteroatoms. The second-order valence-corrected chi connectivity index (χ2v) is 8.84. The first-order valence-electron chi connectivity index (χ1n) is 10.6. The minimum atomic E-state index is -0.673. The van der Waals surface area contributed by atoms with Gasteiger partial charge in [0.25, 0.3) is 0 Å². The number of aromatic nitrogens is 1. The Labute approximate surface area is 171 Å². The van der Waals surface area contributed by atoms with Crippen molar-refractivity contribution in [2.24, 2.45) is 5.41 Å². The Morgan fingerprint density at radius 1 is 1.00 bits per heavy atom. The highest BCUT2D eigenvalue weighted by Gasteiger charge is 2.49. The maximum absolute atomic E-state index is 11.7. The van der Waals surface area contributed by atoms with E-state index in [-0.39, 0.29) is 0 Å². The molecule has 4 nitrogen and oxygen atoms in total. The first-order chi connectivity index (χ1) is 14.1. The molecule has 0 unspecified atom stereocenters. The molecule has 3 aromatic rings. The SMILES string of the molecule is CC1(C(=O)O)CC(c2c(C3CCOCC3)n(-c3ccccc3)c3ccccc23)C1. The van der Waals surface area contributed by atoms with Gasteiger partial charge >= 0.3 is 5.97 Å². The highest BCUT2D eigenvalue weighted by atomic mass is 16.5. The number of hydrogen-bond acceptors (Lipinski definition) is 2. The van der Waals surface area contributed by atoms with Gasteiger partial charge in [0.2, 0.25) is 0 Å². The molecule has 0 amide bonds. The minimum Gasteiger partial charge on any atom is -0.481 e. The number of nitrogens with zero attached hydrogens (tertiary/aromatic N) is 1. The summed E-state index contributed by atoms with van der Waals surface area (Å²) in [7, 11) is 0. The molecule has 1 saturated heterocycles. The largest absolute Gasteiger partial charge is 0.481 e. The summed E-state index contributed by atoms with van der Waals surface area (Å²) in [5.74, 6) is 0.0556. The molecule has 150 valence electrons. The lowest BCUT2D eigenvalue weighted by Crippen LogP contribution is -2.40. The summed E-state index contributed by atoms with van der Waals surface area (Å²) in [5.41, 5.74) is 4.54. The van der Waals surface area contributed by atoms with Gasteiger partial charge < -0.3 is 14.4 Å². The molecule has 1 saturated carbocycles. The van der Waals surface area contributed by atoms with Crippen molar-refractivity contribution in [3.63, 3.8) is 0 Å². The standard InChI is InChI=1S/C25H27NO3/c1-25(24(27)28)15-18(16-25)22-20-9-5-6-10-21(20)26(19-7-3-2-4-8-19)23(22)17-11-13-29-14-12-17/h2-10,17-18H,11-16H2,1H3,(H,27,28). The average Bonchev–Trinajstić information content (AvgIpc) is 3.07. The van der Waals surface area contributed by atoms with E-state index in [9.17, 15) is 9.90 Å². The van der Waals surface area contributed by atoms with Crippen molar-refractivity contribution in [2.45, 2.75) is 44.4 Å². The summed E-state index contributed by atoms with van der Waals surface area (Å²) in [6.45, 7) is 3.46. The molecular weight excluding hydrogens is 362 g/mol. The summed E-state index contributed by atoms with van der Waals surface area (Å²) in [6, 6.07) is 19.2. The first kappa shape index (κ1) is 18.4. The number of fused-ring (bicyclic) bond motifs is 1. The van der Waals surface area contributed by atoms with E-state index in [1.54, 1.807) is 0 Å². The summed E-state index contributed by atoms with van der Waals surface area (Å²) in [6.07, 6.45) is 3.45. The zero-order valence-corrected chi connectivity index (χ0v) is 16.8. The van der Waals surface area contributed by atoms with E-state index in [2.05, 4.69) is 59.2 Å². The van der Waals surface area contributed by atoms with Crippen molar-refractivity contribution in [2.75, 3.05) is 13.2 Å². The Balaban J connectivity index is 1.72. The molecule has 5 rings (SSSR count). The van der Waals surface area contributed by atoms with Gasteiger partial charge in [0.15, 0.2) is 0 Å². The van der Waals surface area contributed by atoms with Gasteiger partial charge in [0.05, 0.1) is 10.9 Å². The molecule has 1 aromatic heterocycles. The zero-order valence-electron chi connectivity index (χ0n) is 16.8. The second-order valence-electron chi connectivity index (χ2n) is 8.84. The second kappa shape index (κ2) is 7.03. The molecule has 2 fully saturated rings. The normalized spacial score (nSPS) is 25.1. The van der Waals surface area contributed by atoms with Crippen LogP contribution in [-0.4, -0.2) is 28.9 Å². The molecular formula is C25H27NO3. The molecule has 0 atom stereocenters. The third-order valence-corrected chi connectivity index (χ3v) is 6.89. The number of ether oxygens (including phenoxy) is 1. The van der Waals surface area contributed by atoms with Gasteiger partial charge in [-0.05, 0) is 62.3 Å². The predicted octanol–water partition coefficient (Wildman–Crippen LogP) is 5.49. The van der Waals surface area contributed by atoms with Crippen molar-refractivity contribution in [3.8, 4) is 5.69 Å². The van der Waals surface area contributed by atoms with Crippen molar-refractivity contribution >= 4 is 16.9 Å². The first-order valence-corrected chi connectivity index (χ1v) is 10.6. The van der Waals surface area contributed by atoms with Gasteiger partial charge in [-0.2, -0.15) is 0 Å². The van der Waals surface area contributed by atoms with E-state index in [4.69, 9.17) is 4.74 Å². The minimum absolute atomic E-state index is 0.295. The lowest BCUT2D eigenvalue weighted by molar-refractivity contribution is -0.154. The average molecular weight is 389 g/mol. The molecule has 0 bridgehead atoms. The number of aliphatic carboxylic acids is 1. The zero-order chi connectivity index (χ0) is 20.0. The number of para-hydroxylation sites is 2. The van der Waals surface area contributed by atoms with Crippen LogP contribution >= 0.6 is 0 Å². The van der Waals surface area contributed by atoms with E-state index in [1.807, 2.05) is 6.92 Å². The van der Waals surface area contributed by atoms with Crippen LogP contribution in [0.2, 0.25) is 0 Å². The fourth-order valence-corrected chi connectivity index (χ4v) is 5.35. The lowest BCUT2D eigenvalue weighted by Gasteiger charge is -2.43. The van der Waals surface area contributed by atoms with E-state index in [0.717, 1.165) is 26.1 Å². The Morgan fingerprint density at radius 3 is 2.34 bits per heavy atom. The van der Waals surface area contributed by atoms with E-state index in [0.29, 0.717) is 24.7 Å². The van der Waals surface area contributed by atoms with Crippen LogP contribution in [0.15, 0.2) is 54.6 Å². The molecule has 0 spiro atoms. The maximum Gasteiger partial charge on any atom is 0.309 e. The highest BCUT2D eigenvalue weighted by molar-refractivity contribution is 5.89. The molecule has 2 aliphatic rings. The van der Waals surface area contributed by atoms with Crippen molar-refractivity contribution in [1.29, 1.82) is 0 Å². The molecule has 1 aliphatic heterocycles. The quantitative estimate of drug-likeness (QED) is 0.642. The van der Waals surface area contributed by atoms with Crippen LogP contribution in [0.25, 0.3) is 16.6 Å². The van der Waals surface area contributed by atoms with Gasteiger partial charge in [-0.25, -0.2) is 0 Å². The van der Waals surface area contributed by atoms with Gasteiger partial charge in [-0.15, -0.1) is 0 Å². The topological polar surface area (TPSA) is 51.5 Å². The molecule has 2 heterocycles. The summed E-state index contributed by atoms with van der Waals surface area (Å²) in [5, 5.41) is 10.9. The number of hydrogen-bond donors (Lipinski definition) is 1. The fraction of sp³-hybridized carbons (Fsp3) is 0.400. The lowest BCUT2D eigenvalue weighted by atomic mass is 9.60. The van der Waals surface area contributed by atoms with Gasteiger partial charge in [-0.3, -0.25) is 4.79 Å². The summed E-state index contributed by atoms with van der Waals surface area (Å²) in [4.78, 5) is 11.7. The Hall–Kier alpha value is -2.59. The summed E-state index contributed by atoms with van der Waals surface area (Å²) >= 11 is 0. The number of benzene rings is 2. The van der Waals surface area contributed by atoms with E-state index in [1.165, 1.54) is 27.8 Å². The molecule has 29 heavy (non-hydrogen) atoms. The summed E-state index contributed by atoms with van der Waals surface area (Å²) < 4.78 is 8.09. The van der Waals surface area contributed by atoms with E-state index >= 15 is 0 Å². The fourth-order valence-electron chi connectivity index (χ4n) is 5.35. The van der Waals surface area contributed by atoms with Crippen LogP contribution in [-0.2, 0) is 9.53 Å². The number of carboxylic acids is 1. The monoisotopic (exact) mass is 389 g/mol. The van der Waals surface area contributed by atoms with Crippen molar-refractivity contribution in [3.05, 3.63) is 65.9 Å². The van der Waals surface area contributed by atoms with Crippen LogP contribution < -0.4 is 0 Å². The van der Waals surface area contributed by atoms with Crippen LogP contribution in [0.1, 0.15) is 55.7 Å². The number of carbonyl (C=O) groups is 1. The van der Waals surface area contributed by atoms with Gasteiger partial charge in [0, 0.05) is 35.9 Å². The number of rotatable bonds is 4. The third-order valence-electron chi connectivity index (χ3n) is 6.89. The maximum atomic E-state index is 11.7. The molecule has 1 N–H and O–H groups in total. The van der Waals surface area contributed by atoms with Crippen LogP contribution in [0.3, 0.4) is 0 Å². The van der Waals surface area contributed by atoms with E-state index < -0.39 is 11.4 Å². The third kappa shape index (κ3) is 2.98. The Bertz CT molecular complexity index is 1040. The Kier molecular flexibility index (Phi) is 4.47. The van der Waals surface area contributed by atoms with Crippen LogP contribution in [0.5, 0.6) is 0 Å². The van der Waals surface area contributed by atoms with Crippen molar-refractivity contribution in [1.82, 2.24) is 4.57 Å². The van der Waals surface area contributed by atoms with Gasteiger partial charge in [-0.1, -0.05) is 36.4 Å². The smallest absolute Gasteiger partial charge is 0.309 e. The number of carboxylic acid groups (broad SMARTS) is 1. The molecule has 2 aromatic carbocycles. The van der Waals surface area contributed by atoms with Crippen molar-refractivity contribution < 1.29 is 14.6 Å².